The summed E-state index contributed by atoms with van der Waals surface area (Å²) in [6.07, 6.45) is 1.80. The predicted octanol–water partition coefficient (Wildman–Crippen LogP) is -0.110. The number of ether oxygens (including phenoxy) is 1. The highest BCUT2D eigenvalue weighted by molar-refractivity contribution is 5.76. The number of nitrogens with one attached hydrogen (secondary N) is 2. The Labute approximate surface area is 79.0 Å². The predicted molar refractivity (Wildman–Crippen MR) is 50.5 cm³/mol. The molecule has 1 aliphatic heterocycles. The van der Waals surface area contributed by atoms with Crippen molar-refractivity contribution in [2.75, 3.05) is 20.2 Å². The van der Waals surface area contributed by atoms with E-state index in [1.54, 1.807) is 7.11 Å². The second-order valence-electron chi connectivity index (χ2n) is 3.49. The number of carbonyl (C=O) groups excluding carboxylic acids is 1. The van der Waals surface area contributed by atoms with Gasteiger partial charge in [-0.2, -0.15) is 0 Å². The van der Waals surface area contributed by atoms with Gasteiger partial charge in [-0.15, -0.1) is 0 Å². The summed E-state index contributed by atoms with van der Waals surface area (Å²) in [5, 5.41) is 6.18. The SMILES string of the molecule is COC(C)CNC1CCC(=O)NC1. The first-order valence-electron chi connectivity index (χ1n) is 4.75. The van der Waals surface area contributed by atoms with E-state index in [9.17, 15) is 4.79 Å². The number of hydrogen-bond donors (Lipinski definition) is 2. The highest BCUT2D eigenvalue weighted by Gasteiger charge is 2.17. The molecule has 2 N–H and O–H groups in total. The van der Waals surface area contributed by atoms with Gasteiger partial charge in [0.05, 0.1) is 6.10 Å². The highest BCUT2D eigenvalue weighted by Crippen LogP contribution is 2.02. The van der Waals surface area contributed by atoms with Crippen LogP contribution in [0.25, 0.3) is 0 Å². The quantitative estimate of drug-likeness (QED) is 0.644. The molecule has 0 aromatic rings. The summed E-state index contributed by atoms with van der Waals surface area (Å²) in [5.74, 6) is 0.165. The largest absolute Gasteiger partial charge is 0.380 e. The van der Waals surface area contributed by atoms with E-state index in [1.807, 2.05) is 6.92 Å². The first kappa shape index (κ1) is 10.5. The number of methoxy groups -OCH3 is 1. The van der Waals surface area contributed by atoms with Crippen molar-refractivity contribution in [3.8, 4) is 0 Å². The summed E-state index contributed by atoms with van der Waals surface area (Å²) >= 11 is 0. The van der Waals surface area contributed by atoms with E-state index in [0.717, 1.165) is 19.5 Å². The van der Waals surface area contributed by atoms with Gasteiger partial charge in [0.1, 0.15) is 0 Å². The third kappa shape index (κ3) is 3.74. The van der Waals surface area contributed by atoms with Crippen LogP contribution in [0.15, 0.2) is 0 Å². The van der Waals surface area contributed by atoms with E-state index in [1.165, 1.54) is 0 Å². The van der Waals surface area contributed by atoms with Crippen LogP contribution in [0, 0.1) is 0 Å². The van der Waals surface area contributed by atoms with Crippen LogP contribution < -0.4 is 10.6 Å². The average Bonchev–Trinajstić information content (AvgIpc) is 2.16. The fourth-order valence-corrected chi connectivity index (χ4v) is 1.32. The Morgan fingerprint density at radius 2 is 2.54 bits per heavy atom. The minimum atomic E-state index is 0.165. The van der Waals surface area contributed by atoms with E-state index in [2.05, 4.69) is 10.6 Å². The molecule has 0 saturated carbocycles. The molecule has 2 atom stereocenters. The third-order valence-electron chi connectivity index (χ3n) is 2.36. The molecule has 2 unspecified atom stereocenters. The Morgan fingerprint density at radius 3 is 3.08 bits per heavy atom. The van der Waals surface area contributed by atoms with Crippen molar-refractivity contribution in [1.29, 1.82) is 0 Å². The molecule has 0 aliphatic carbocycles. The molecule has 1 amide bonds. The number of piperidine rings is 1. The maximum atomic E-state index is 10.8. The fraction of sp³-hybridized carbons (Fsp3) is 0.889. The van der Waals surface area contributed by atoms with Crippen LogP contribution in [-0.4, -0.2) is 38.3 Å². The Balaban J connectivity index is 2.12. The monoisotopic (exact) mass is 186 g/mol. The van der Waals surface area contributed by atoms with E-state index < -0.39 is 0 Å². The molecule has 4 nitrogen and oxygen atoms in total. The van der Waals surface area contributed by atoms with Gasteiger partial charge in [0.25, 0.3) is 0 Å². The lowest BCUT2D eigenvalue weighted by molar-refractivity contribution is -0.122. The first-order valence-corrected chi connectivity index (χ1v) is 4.75. The summed E-state index contributed by atoms with van der Waals surface area (Å²) < 4.78 is 5.11. The van der Waals surface area contributed by atoms with Crippen molar-refractivity contribution in [3.63, 3.8) is 0 Å². The molecule has 0 aromatic heterocycles. The van der Waals surface area contributed by atoms with Gasteiger partial charge in [-0.05, 0) is 13.3 Å². The molecule has 13 heavy (non-hydrogen) atoms. The first-order chi connectivity index (χ1) is 6.22. The zero-order valence-corrected chi connectivity index (χ0v) is 8.30. The molecule has 1 aliphatic rings. The van der Waals surface area contributed by atoms with Crippen molar-refractivity contribution in [3.05, 3.63) is 0 Å². The number of hydrogen-bond acceptors (Lipinski definition) is 3. The summed E-state index contributed by atoms with van der Waals surface area (Å²) in [6.45, 7) is 3.61. The third-order valence-corrected chi connectivity index (χ3v) is 2.36. The summed E-state index contributed by atoms with van der Waals surface area (Å²) in [7, 11) is 1.70. The van der Waals surface area contributed by atoms with Gasteiger partial charge in [0, 0.05) is 32.7 Å². The normalized spacial score (nSPS) is 25.4. The van der Waals surface area contributed by atoms with E-state index in [0.29, 0.717) is 12.5 Å². The minimum absolute atomic E-state index is 0.165. The van der Waals surface area contributed by atoms with Crippen LogP contribution in [0.2, 0.25) is 0 Å². The van der Waals surface area contributed by atoms with E-state index in [-0.39, 0.29) is 12.0 Å². The van der Waals surface area contributed by atoms with Crippen molar-refractivity contribution < 1.29 is 9.53 Å². The maximum absolute atomic E-state index is 10.8. The van der Waals surface area contributed by atoms with Crippen LogP contribution in [-0.2, 0) is 9.53 Å². The molecule has 1 heterocycles. The molecular weight excluding hydrogens is 168 g/mol. The topological polar surface area (TPSA) is 50.4 Å². The van der Waals surface area contributed by atoms with Gasteiger partial charge in [-0.25, -0.2) is 0 Å². The van der Waals surface area contributed by atoms with Crippen LogP contribution in [0.4, 0.5) is 0 Å². The molecule has 1 saturated heterocycles. The molecule has 1 fully saturated rings. The molecule has 0 radical (unpaired) electrons. The molecule has 1 rings (SSSR count). The Morgan fingerprint density at radius 1 is 1.77 bits per heavy atom. The van der Waals surface area contributed by atoms with Crippen LogP contribution in [0.1, 0.15) is 19.8 Å². The van der Waals surface area contributed by atoms with Crippen molar-refractivity contribution in [1.82, 2.24) is 10.6 Å². The molecule has 0 aromatic carbocycles. The van der Waals surface area contributed by atoms with Crippen molar-refractivity contribution >= 4 is 5.91 Å². The molecule has 0 spiro atoms. The maximum Gasteiger partial charge on any atom is 0.220 e. The van der Waals surface area contributed by atoms with Crippen LogP contribution in [0.3, 0.4) is 0 Å². The Hall–Kier alpha value is -0.610. The fourth-order valence-electron chi connectivity index (χ4n) is 1.32. The van der Waals surface area contributed by atoms with E-state index >= 15 is 0 Å². The lowest BCUT2D eigenvalue weighted by Crippen LogP contribution is -2.47. The lowest BCUT2D eigenvalue weighted by Gasteiger charge is -2.24. The summed E-state index contributed by atoms with van der Waals surface area (Å²) in [6, 6.07) is 0.412. The number of rotatable bonds is 4. The van der Waals surface area contributed by atoms with Gasteiger partial charge in [-0.1, -0.05) is 0 Å². The Bertz CT molecular complexity index is 163. The zero-order chi connectivity index (χ0) is 9.68. The summed E-state index contributed by atoms with van der Waals surface area (Å²) in [4.78, 5) is 10.8. The number of amides is 1. The van der Waals surface area contributed by atoms with Gasteiger partial charge < -0.3 is 15.4 Å². The smallest absolute Gasteiger partial charge is 0.220 e. The lowest BCUT2D eigenvalue weighted by atomic mass is 10.1. The van der Waals surface area contributed by atoms with Gasteiger partial charge in [-0.3, -0.25) is 4.79 Å². The molecule has 0 bridgehead atoms. The second kappa shape index (κ2) is 5.19. The van der Waals surface area contributed by atoms with Gasteiger partial charge >= 0.3 is 0 Å². The average molecular weight is 186 g/mol. The Kier molecular flexibility index (Phi) is 4.18. The van der Waals surface area contributed by atoms with Crippen LogP contribution in [0.5, 0.6) is 0 Å². The van der Waals surface area contributed by atoms with Gasteiger partial charge in [0.15, 0.2) is 0 Å². The molecular formula is C9H18N2O2. The zero-order valence-electron chi connectivity index (χ0n) is 8.30. The van der Waals surface area contributed by atoms with E-state index in [4.69, 9.17) is 4.74 Å². The highest BCUT2D eigenvalue weighted by atomic mass is 16.5. The molecule has 76 valence electrons. The van der Waals surface area contributed by atoms with Crippen molar-refractivity contribution in [2.24, 2.45) is 0 Å². The minimum Gasteiger partial charge on any atom is -0.380 e. The second-order valence-corrected chi connectivity index (χ2v) is 3.49. The van der Waals surface area contributed by atoms with Crippen molar-refractivity contribution in [2.45, 2.75) is 31.9 Å². The standard InChI is InChI=1S/C9H18N2O2/c1-7(13-2)5-10-8-3-4-9(12)11-6-8/h7-8,10H,3-6H2,1-2H3,(H,11,12). The van der Waals surface area contributed by atoms with Crippen LogP contribution >= 0.6 is 0 Å². The molecule has 4 heteroatoms. The summed E-state index contributed by atoms with van der Waals surface area (Å²) in [5.41, 5.74) is 0. The number of carbonyl (C=O) groups is 1. The van der Waals surface area contributed by atoms with Gasteiger partial charge in [0.2, 0.25) is 5.91 Å².